The standard InChI is InChI=1S/C42H78IO5P/c1-3-5-7-9-11-13-15-17-19-21-23-25-27-29-31-33-35-39-37-40(42(43-44)41(38-39)48-49(45,46)47)36-34-32-30-28-26-24-22-20-18-16-14-12-10-8-6-4-2/h37-38H,3-36H2,1-2H3,(H2,45,46,47). The molecule has 0 unspecified atom stereocenters. The molecule has 0 heterocycles. The topological polar surface area (TPSA) is 83.8 Å². The summed E-state index contributed by atoms with van der Waals surface area (Å²) in [5, 5.41) is 0. The summed E-state index contributed by atoms with van der Waals surface area (Å²) in [5.74, 6) is 0.136. The Bertz CT molecular complexity index is 949. The molecule has 49 heavy (non-hydrogen) atoms. The Hall–Kier alpha value is -0.300. The second-order valence-corrected chi connectivity index (χ2v) is 17.5. The summed E-state index contributed by atoms with van der Waals surface area (Å²) < 4.78 is 29.5. The molecule has 0 saturated carbocycles. The van der Waals surface area contributed by atoms with Crippen molar-refractivity contribution in [2.75, 3.05) is 0 Å². The Morgan fingerprint density at radius 1 is 0.490 bits per heavy atom. The third-order valence-electron chi connectivity index (χ3n) is 10.1. The lowest BCUT2D eigenvalue weighted by atomic mass is 9.99. The molecule has 0 atom stereocenters. The molecule has 5 nitrogen and oxygen atoms in total. The summed E-state index contributed by atoms with van der Waals surface area (Å²) in [6.45, 7) is 4.56. The fraction of sp³-hybridized carbons (Fsp3) is 0.857. The Kier molecular flexibility index (Phi) is 32.0. The highest BCUT2D eigenvalue weighted by molar-refractivity contribution is 14.1. The van der Waals surface area contributed by atoms with Gasteiger partial charge in [-0.2, -0.15) is 0 Å². The van der Waals surface area contributed by atoms with Crippen LogP contribution in [0.2, 0.25) is 0 Å². The quantitative estimate of drug-likeness (QED) is 0.0397. The highest BCUT2D eigenvalue weighted by atomic mass is 127. The molecule has 1 rings (SSSR count). The Labute approximate surface area is 314 Å². The molecule has 0 aliphatic rings. The van der Waals surface area contributed by atoms with Crippen LogP contribution < -0.4 is 4.52 Å². The van der Waals surface area contributed by atoms with Crippen LogP contribution in [-0.4, -0.2) is 9.79 Å². The fourth-order valence-corrected chi connectivity index (χ4v) is 8.83. The first-order valence-electron chi connectivity index (χ1n) is 21.1. The molecule has 1 aromatic rings. The van der Waals surface area contributed by atoms with Crippen molar-refractivity contribution < 1.29 is 21.9 Å². The summed E-state index contributed by atoms with van der Waals surface area (Å²) in [6, 6.07) is 3.87. The zero-order valence-corrected chi connectivity index (χ0v) is 35.2. The van der Waals surface area contributed by atoms with Crippen molar-refractivity contribution in [2.24, 2.45) is 0 Å². The highest BCUT2D eigenvalue weighted by Gasteiger charge is 2.21. The molecule has 0 spiro atoms. The summed E-state index contributed by atoms with van der Waals surface area (Å²) in [7, 11) is -4.72. The largest absolute Gasteiger partial charge is 0.524 e. The summed E-state index contributed by atoms with van der Waals surface area (Å²) in [5.41, 5.74) is 2.01. The third kappa shape index (κ3) is 28.9. The first-order valence-corrected chi connectivity index (χ1v) is 24.6. The number of rotatable bonds is 37. The van der Waals surface area contributed by atoms with E-state index in [-0.39, 0.29) is 5.75 Å². The highest BCUT2D eigenvalue weighted by Crippen LogP contribution is 2.42. The smallest absolute Gasteiger partial charge is 0.403 e. The molecule has 7 heteroatoms. The van der Waals surface area contributed by atoms with Gasteiger partial charge in [-0.05, 0) is 42.9 Å². The number of unbranched alkanes of at least 4 members (excludes halogenated alkanes) is 30. The summed E-state index contributed by atoms with van der Waals surface area (Å²) in [6.07, 6.45) is 44.2. The van der Waals surface area contributed by atoms with Gasteiger partial charge in [0.15, 0.2) is 21.2 Å². The van der Waals surface area contributed by atoms with Gasteiger partial charge in [-0.3, -0.25) is 12.9 Å². The van der Waals surface area contributed by atoms with Gasteiger partial charge in [-0.1, -0.05) is 213 Å². The lowest BCUT2D eigenvalue weighted by Crippen LogP contribution is -2.00. The molecule has 0 amide bonds. The number of aryl methyl sites for hydroxylation is 2. The lowest BCUT2D eigenvalue weighted by molar-refractivity contribution is 0.282. The molecular weight excluding hydrogens is 742 g/mol. The number of hydrogen-bond acceptors (Lipinski definition) is 3. The minimum absolute atomic E-state index is 0.136. The molecule has 288 valence electrons. The van der Waals surface area contributed by atoms with E-state index in [2.05, 4.69) is 19.9 Å². The maximum atomic E-state index is 12.2. The van der Waals surface area contributed by atoms with Gasteiger partial charge in [0, 0.05) is 0 Å². The van der Waals surface area contributed by atoms with E-state index >= 15 is 0 Å². The third-order valence-corrected chi connectivity index (χ3v) is 12.2. The van der Waals surface area contributed by atoms with Gasteiger partial charge < -0.3 is 4.52 Å². The summed E-state index contributed by atoms with van der Waals surface area (Å²) in [4.78, 5) is 19.0. The van der Waals surface area contributed by atoms with E-state index in [1.807, 2.05) is 0 Å². The molecule has 0 aromatic heterocycles. The van der Waals surface area contributed by atoms with Crippen molar-refractivity contribution in [3.05, 3.63) is 26.8 Å². The van der Waals surface area contributed by atoms with Gasteiger partial charge >= 0.3 is 7.82 Å². The molecule has 0 aliphatic carbocycles. The molecule has 0 bridgehead atoms. The van der Waals surface area contributed by atoms with Crippen molar-refractivity contribution in [3.8, 4) is 5.75 Å². The van der Waals surface area contributed by atoms with Crippen molar-refractivity contribution in [1.82, 2.24) is 0 Å². The minimum atomic E-state index is -4.72. The van der Waals surface area contributed by atoms with E-state index in [9.17, 15) is 17.4 Å². The van der Waals surface area contributed by atoms with Crippen molar-refractivity contribution in [1.29, 1.82) is 0 Å². The Morgan fingerprint density at radius 3 is 1.10 bits per heavy atom. The second kappa shape index (κ2) is 33.5. The van der Waals surface area contributed by atoms with Gasteiger partial charge in [-0.15, -0.1) is 0 Å². The van der Waals surface area contributed by atoms with E-state index in [1.165, 1.54) is 180 Å². The zero-order chi connectivity index (χ0) is 35.7. The number of phosphoric ester groups is 1. The number of benzene rings is 1. The van der Waals surface area contributed by atoms with E-state index in [0.29, 0.717) is 3.57 Å². The van der Waals surface area contributed by atoms with Crippen LogP contribution in [0.4, 0.5) is 0 Å². The SMILES string of the molecule is CCCCCCCCCCCCCCCCCCc1cc(CCCCCCCCCCCCCCCCCC)c(I=O)c(OP(=O)(O)O)c1. The monoisotopic (exact) mass is 820 g/mol. The maximum absolute atomic E-state index is 12.2. The van der Waals surface area contributed by atoms with Crippen LogP contribution in [0.3, 0.4) is 0 Å². The zero-order valence-electron chi connectivity index (χ0n) is 32.1. The van der Waals surface area contributed by atoms with Gasteiger partial charge in [0.25, 0.3) is 0 Å². The number of hydrogen-bond donors (Lipinski definition) is 2. The van der Waals surface area contributed by atoms with Crippen molar-refractivity contribution in [2.45, 2.75) is 232 Å². The maximum Gasteiger partial charge on any atom is 0.524 e. The van der Waals surface area contributed by atoms with Crippen LogP contribution in [0, 0.1) is 3.57 Å². The van der Waals surface area contributed by atoms with Gasteiger partial charge in [-0.25, -0.2) is 4.57 Å². The van der Waals surface area contributed by atoms with E-state index in [0.717, 1.165) is 49.7 Å². The lowest BCUT2D eigenvalue weighted by Gasteiger charge is -2.15. The average molecular weight is 821 g/mol. The summed E-state index contributed by atoms with van der Waals surface area (Å²) >= 11 is -1.60. The van der Waals surface area contributed by atoms with E-state index in [4.69, 9.17) is 4.52 Å². The van der Waals surface area contributed by atoms with Gasteiger partial charge in [0.1, 0.15) is 5.75 Å². The van der Waals surface area contributed by atoms with Crippen LogP contribution >= 0.6 is 29.0 Å². The van der Waals surface area contributed by atoms with Crippen LogP contribution in [0.1, 0.15) is 230 Å². The van der Waals surface area contributed by atoms with Gasteiger partial charge in [0.2, 0.25) is 0 Å². The fourth-order valence-electron chi connectivity index (χ4n) is 7.07. The first-order chi connectivity index (χ1) is 23.9. The molecule has 1 aromatic carbocycles. The van der Waals surface area contributed by atoms with Crippen molar-refractivity contribution in [3.63, 3.8) is 0 Å². The predicted octanol–water partition coefficient (Wildman–Crippen LogP) is 15.3. The van der Waals surface area contributed by atoms with Crippen LogP contribution in [-0.2, 0) is 20.5 Å². The van der Waals surface area contributed by atoms with Crippen LogP contribution in [0.15, 0.2) is 12.1 Å². The van der Waals surface area contributed by atoms with Crippen LogP contribution in [0.5, 0.6) is 5.75 Å². The molecule has 0 saturated heterocycles. The van der Waals surface area contributed by atoms with Gasteiger partial charge in [0.05, 0.1) is 3.57 Å². The average Bonchev–Trinajstić information content (AvgIpc) is 3.07. The molecule has 0 aliphatic heterocycles. The molecule has 0 radical (unpaired) electrons. The second-order valence-electron chi connectivity index (χ2n) is 14.8. The van der Waals surface area contributed by atoms with E-state index in [1.54, 1.807) is 6.07 Å². The molecular formula is C42H78IO5P. The Balaban J connectivity index is 2.26. The Morgan fingerprint density at radius 2 is 0.796 bits per heavy atom. The van der Waals surface area contributed by atoms with E-state index < -0.39 is 29.0 Å². The predicted molar refractivity (Wildman–Crippen MR) is 219 cm³/mol. The minimum Gasteiger partial charge on any atom is -0.403 e. The normalized spacial score (nSPS) is 11.8. The van der Waals surface area contributed by atoms with Crippen LogP contribution in [0.25, 0.3) is 0 Å². The number of halogens is 1. The molecule has 2 N–H and O–H groups in total. The van der Waals surface area contributed by atoms with Crippen molar-refractivity contribution >= 4 is 29.0 Å². The number of phosphoric acid groups is 1. The molecule has 0 fully saturated rings. The first kappa shape index (κ1) is 46.7.